The van der Waals surface area contributed by atoms with Crippen molar-refractivity contribution >= 4 is 39.3 Å². The number of aliphatic imine (C=N–C) groups is 1. The first-order chi connectivity index (χ1) is 10.5. The van der Waals surface area contributed by atoms with Crippen LogP contribution in [-0.2, 0) is 0 Å². The minimum atomic E-state index is -1.41. The summed E-state index contributed by atoms with van der Waals surface area (Å²) in [6, 6.07) is 0.719. The van der Waals surface area contributed by atoms with Crippen LogP contribution in [0, 0.1) is 11.6 Å². The number of pyridine rings is 1. The van der Waals surface area contributed by atoms with Gasteiger partial charge in [0.05, 0.1) is 16.5 Å². The first-order valence-corrected chi connectivity index (χ1v) is 6.94. The Morgan fingerprint density at radius 2 is 2.18 bits per heavy atom. The van der Waals surface area contributed by atoms with E-state index in [1.54, 1.807) is 5.38 Å². The predicted molar refractivity (Wildman–Crippen MR) is 79.4 cm³/mol. The Morgan fingerprint density at radius 3 is 2.82 bits per heavy atom. The maximum Gasteiger partial charge on any atom is 0.342 e. The third-order valence-electron chi connectivity index (χ3n) is 3.23. The molecule has 0 aliphatic heterocycles. The van der Waals surface area contributed by atoms with Gasteiger partial charge < -0.3 is 9.51 Å². The molecule has 0 aliphatic carbocycles. The molecular formula is C14H8F2N2O3S. The average molecular weight is 322 g/mol. The van der Waals surface area contributed by atoms with Crippen molar-refractivity contribution in [1.29, 1.82) is 0 Å². The second-order valence-electron chi connectivity index (χ2n) is 4.46. The molecule has 8 heteroatoms. The van der Waals surface area contributed by atoms with Crippen molar-refractivity contribution in [3.05, 3.63) is 50.6 Å². The summed E-state index contributed by atoms with van der Waals surface area (Å²) in [6.07, 6.45) is 2.60. The van der Waals surface area contributed by atoms with E-state index in [9.17, 15) is 23.5 Å². The van der Waals surface area contributed by atoms with E-state index in [1.165, 1.54) is 17.6 Å². The first-order valence-electron chi connectivity index (χ1n) is 6.06. The Labute approximate surface area is 125 Å². The minimum Gasteiger partial charge on any atom is -0.477 e. The van der Waals surface area contributed by atoms with E-state index >= 15 is 0 Å². The van der Waals surface area contributed by atoms with E-state index in [4.69, 9.17) is 0 Å². The molecule has 1 N–H and O–H groups in total. The van der Waals surface area contributed by atoms with Gasteiger partial charge in [-0.15, -0.1) is 11.3 Å². The molecule has 0 unspecified atom stereocenters. The number of aromatic nitrogens is 1. The molecule has 3 rings (SSSR count). The molecule has 0 spiro atoms. The van der Waals surface area contributed by atoms with Gasteiger partial charge in [-0.1, -0.05) is 0 Å². The van der Waals surface area contributed by atoms with Crippen molar-refractivity contribution in [2.75, 3.05) is 7.05 Å². The largest absolute Gasteiger partial charge is 0.477 e. The van der Waals surface area contributed by atoms with Gasteiger partial charge in [-0.3, -0.25) is 9.79 Å². The molecule has 0 aliphatic rings. The van der Waals surface area contributed by atoms with Crippen LogP contribution < -0.4 is 5.43 Å². The fourth-order valence-corrected chi connectivity index (χ4v) is 3.25. The monoisotopic (exact) mass is 322 g/mol. The Morgan fingerprint density at radius 1 is 1.45 bits per heavy atom. The average Bonchev–Trinajstić information content (AvgIpc) is 2.92. The van der Waals surface area contributed by atoms with Crippen LogP contribution in [0.3, 0.4) is 0 Å². The topological polar surface area (TPSA) is 71.1 Å². The lowest BCUT2D eigenvalue weighted by atomic mass is 10.1. The highest BCUT2D eigenvalue weighted by Crippen LogP contribution is 2.26. The van der Waals surface area contributed by atoms with E-state index in [-0.39, 0.29) is 21.3 Å². The first kappa shape index (κ1) is 14.3. The van der Waals surface area contributed by atoms with Crippen molar-refractivity contribution < 1.29 is 18.7 Å². The van der Waals surface area contributed by atoms with Gasteiger partial charge >= 0.3 is 5.97 Å². The van der Waals surface area contributed by atoms with Crippen LogP contribution in [0.25, 0.3) is 15.7 Å². The number of rotatable bonds is 2. The third kappa shape index (κ3) is 1.84. The number of halogens is 2. The van der Waals surface area contributed by atoms with Gasteiger partial charge in [-0.2, -0.15) is 0 Å². The maximum absolute atomic E-state index is 14.0. The second kappa shape index (κ2) is 4.99. The van der Waals surface area contributed by atoms with Crippen LogP contribution in [0.2, 0.25) is 0 Å². The van der Waals surface area contributed by atoms with E-state index in [1.807, 2.05) is 0 Å². The van der Waals surface area contributed by atoms with Crippen LogP contribution in [-0.4, -0.2) is 28.7 Å². The van der Waals surface area contributed by atoms with Gasteiger partial charge in [-0.25, -0.2) is 13.6 Å². The standard InChI is InChI=1S/C14H8F2N2O3S/c1-17-5-7-10(16)8(15)4-6-11(7)18-2-3-22-13(18)9(12(6)19)14(20)21/h2-5H,1H3,(H,20,21). The maximum atomic E-state index is 14.0. The lowest BCUT2D eigenvalue weighted by Gasteiger charge is -2.09. The summed E-state index contributed by atoms with van der Waals surface area (Å²) in [7, 11) is 1.38. The summed E-state index contributed by atoms with van der Waals surface area (Å²) >= 11 is 1.03. The van der Waals surface area contributed by atoms with E-state index in [2.05, 4.69) is 4.99 Å². The molecule has 0 bridgehead atoms. The smallest absolute Gasteiger partial charge is 0.342 e. The molecule has 0 atom stereocenters. The van der Waals surface area contributed by atoms with Crippen LogP contribution in [0.4, 0.5) is 8.78 Å². The summed E-state index contributed by atoms with van der Waals surface area (Å²) in [6.45, 7) is 0. The molecule has 0 amide bonds. The Kier molecular flexibility index (Phi) is 3.25. The fourth-order valence-electron chi connectivity index (χ4n) is 2.37. The van der Waals surface area contributed by atoms with Crippen LogP contribution >= 0.6 is 11.3 Å². The molecule has 0 radical (unpaired) electrons. The van der Waals surface area contributed by atoms with Crippen molar-refractivity contribution in [2.24, 2.45) is 4.99 Å². The molecule has 22 heavy (non-hydrogen) atoms. The third-order valence-corrected chi connectivity index (χ3v) is 4.12. The highest BCUT2D eigenvalue weighted by Gasteiger charge is 2.23. The molecular weight excluding hydrogens is 314 g/mol. The number of fused-ring (bicyclic) bond motifs is 3. The molecule has 0 saturated heterocycles. The SMILES string of the molecule is CN=Cc1c(F)c(F)cc2c(=O)c(C(=O)O)c3sccn3c12. The van der Waals surface area contributed by atoms with Crippen molar-refractivity contribution in [3.63, 3.8) is 0 Å². The normalized spacial score (nSPS) is 11.8. The quantitative estimate of drug-likeness (QED) is 0.737. The molecule has 0 fully saturated rings. The lowest BCUT2D eigenvalue weighted by Crippen LogP contribution is -2.18. The molecule has 1 aromatic carbocycles. The summed E-state index contributed by atoms with van der Waals surface area (Å²) in [5.74, 6) is -3.78. The zero-order valence-electron chi connectivity index (χ0n) is 11.1. The fraction of sp³-hybridized carbons (Fsp3) is 0.0714. The summed E-state index contributed by atoms with van der Waals surface area (Å²) in [5.41, 5.74) is -1.42. The predicted octanol–water partition coefficient (Wildman–Crippen LogP) is 2.54. The number of benzene rings is 1. The molecule has 112 valence electrons. The molecule has 0 saturated carbocycles. The summed E-state index contributed by atoms with van der Waals surface area (Å²) < 4.78 is 29.2. The number of aromatic carboxylic acids is 1. The molecule has 3 aromatic rings. The number of carbonyl (C=O) groups is 1. The molecule has 5 nitrogen and oxygen atoms in total. The molecule has 2 heterocycles. The van der Waals surface area contributed by atoms with Gasteiger partial charge in [0.15, 0.2) is 11.6 Å². The van der Waals surface area contributed by atoms with Crippen LogP contribution in [0.1, 0.15) is 15.9 Å². The zero-order valence-corrected chi connectivity index (χ0v) is 11.9. The van der Waals surface area contributed by atoms with Gasteiger partial charge in [0.2, 0.25) is 5.43 Å². The van der Waals surface area contributed by atoms with Gasteiger partial charge in [-0.05, 0) is 6.07 Å². The lowest BCUT2D eigenvalue weighted by molar-refractivity contribution is 0.0697. The van der Waals surface area contributed by atoms with Gasteiger partial charge in [0, 0.05) is 24.8 Å². The number of hydrogen-bond donors (Lipinski definition) is 1. The van der Waals surface area contributed by atoms with E-state index < -0.39 is 28.6 Å². The Balaban J connectivity index is 2.72. The highest BCUT2D eigenvalue weighted by molar-refractivity contribution is 7.16. The zero-order chi connectivity index (χ0) is 16.0. The van der Waals surface area contributed by atoms with Crippen LogP contribution in [0.15, 0.2) is 27.4 Å². The van der Waals surface area contributed by atoms with Crippen molar-refractivity contribution in [1.82, 2.24) is 4.40 Å². The number of carboxylic acid groups (broad SMARTS) is 1. The number of nitrogens with zero attached hydrogens (tertiary/aromatic N) is 2. The van der Waals surface area contributed by atoms with Gasteiger partial charge in [0.1, 0.15) is 10.4 Å². The van der Waals surface area contributed by atoms with Gasteiger partial charge in [0.25, 0.3) is 0 Å². The summed E-state index contributed by atoms with van der Waals surface area (Å²) in [5, 5.41) is 10.6. The second-order valence-corrected chi connectivity index (χ2v) is 5.35. The van der Waals surface area contributed by atoms with Crippen molar-refractivity contribution in [2.45, 2.75) is 0 Å². The number of hydrogen-bond acceptors (Lipinski definition) is 4. The Bertz CT molecular complexity index is 1020. The Hall–Kier alpha value is -2.61. The van der Waals surface area contributed by atoms with E-state index in [0.717, 1.165) is 23.6 Å². The van der Waals surface area contributed by atoms with Crippen LogP contribution in [0.5, 0.6) is 0 Å². The van der Waals surface area contributed by atoms with E-state index in [0.29, 0.717) is 0 Å². The number of thiazole rings is 1. The summed E-state index contributed by atoms with van der Waals surface area (Å²) in [4.78, 5) is 27.6. The van der Waals surface area contributed by atoms with Crippen molar-refractivity contribution in [3.8, 4) is 0 Å². The molecule has 2 aromatic heterocycles. The number of carboxylic acids is 1. The highest BCUT2D eigenvalue weighted by atomic mass is 32.1. The minimum absolute atomic E-state index is 0.0933.